The summed E-state index contributed by atoms with van der Waals surface area (Å²) in [5.74, 6) is 2.74. The molecule has 0 aliphatic rings. The van der Waals surface area contributed by atoms with Crippen molar-refractivity contribution >= 4 is 36.0 Å². The van der Waals surface area contributed by atoms with Gasteiger partial charge in [-0.2, -0.15) is 0 Å². The van der Waals surface area contributed by atoms with Crippen molar-refractivity contribution in [3.8, 4) is 0 Å². The van der Waals surface area contributed by atoms with Gasteiger partial charge in [0.25, 0.3) is 0 Å². The Morgan fingerprint density at radius 3 is 2.37 bits per heavy atom. The molecule has 0 atom stereocenters. The van der Waals surface area contributed by atoms with Gasteiger partial charge in [-0.05, 0) is 24.9 Å². The minimum absolute atomic E-state index is 0.313. The van der Waals surface area contributed by atoms with Gasteiger partial charge in [0.15, 0.2) is 0 Å². The fourth-order valence-electron chi connectivity index (χ4n) is 0.835. The van der Waals surface area contributed by atoms with Gasteiger partial charge in [-0.1, -0.05) is 12.2 Å². The van der Waals surface area contributed by atoms with Crippen molar-refractivity contribution in [2.75, 3.05) is 19.5 Å². The van der Waals surface area contributed by atoms with Crippen molar-refractivity contribution < 1.29 is 19.1 Å². The monoisotopic (exact) mass is 287 g/mol. The van der Waals surface area contributed by atoms with Crippen LogP contribution >= 0.6 is 12.2 Å². The molecule has 106 valence electrons. The fraction of sp³-hybridized carbons (Fsp3) is 0.273. The van der Waals surface area contributed by atoms with Crippen LogP contribution in [0, 0.1) is 0 Å². The summed E-state index contributed by atoms with van der Waals surface area (Å²) in [4.78, 5) is 24.2. The number of amides is 1. The van der Waals surface area contributed by atoms with E-state index in [0.717, 1.165) is 0 Å². The van der Waals surface area contributed by atoms with Gasteiger partial charge in [-0.15, -0.1) is 0 Å². The molecule has 1 amide bonds. The summed E-state index contributed by atoms with van der Waals surface area (Å²) in [6.07, 6.45) is 0.749. The molecule has 0 fully saturated rings. The van der Waals surface area contributed by atoms with Crippen molar-refractivity contribution in [2.45, 2.75) is 6.92 Å². The normalized spacial score (nSPS) is 7.89. The quantitative estimate of drug-likeness (QED) is 0.619. The van der Waals surface area contributed by atoms with Crippen molar-refractivity contribution in [3.63, 3.8) is 0 Å². The molecule has 0 unspecified atom stereocenters. The highest BCUT2D eigenvalue weighted by molar-refractivity contribution is 7.77. The molecule has 4 N–H and O–H groups in total. The highest BCUT2D eigenvalue weighted by Gasteiger charge is 2.03. The minimum Gasteiger partial charge on any atom is -0.465 e. The van der Waals surface area contributed by atoms with Gasteiger partial charge < -0.3 is 20.9 Å². The summed E-state index contributed by atoms with van der Waals surface area (Å²) in [5, 5.41) is 0. The van der Waals surface area contributed by atoms with Gasteiger partial charge in [-0.3, -0.25) is 0 Å². The maximum Gasteiger partial charge on any atom is 0.404 e. The van der Waals surface area contributed by atoms with E-state index in [2.05, 4.69) is 38.3 Å². The molecule has 0 bridgehead atoms. The van der Waals surface area contributed by atoms with Crippen LogP contribution in [0.5, 0.6) is 0 Å². The van der Waals surface area contributed by atoms with E-state index in [1.807, 2.05) is 0 Å². The number of esters is 1. The summed E-state index contributed by atoms with van der Waals surface area (Å²) in [7, 11) is 1.32. The van der Waals surface area contributed by atoms with Crippen LogP contribution in [0.1, 0.15) is 17.3 Å². The number of methoxy groups -OCH3 is 1. The summed E-state index contributed by atoms with van der Waals surface area (Å²) in [5.41, 5.74) is 10.3. The van der Waals surface area contributed by atoms with E-state index in [1.54, 1.807) is 13.0 Å². The fourth-order valence-corrected chi connectivity index (χ4v) is 0.835. The Morgan fingerprint density at radius 1 is 1.47 bits per heavy atom. The first-order valence-corrected chi connectivity index (χ1v) is 5.60. The highest BCUT2D eigenvalue weighted by atomic mass is 32.1. The number of primary amides is 1. The second-order valence-corrected chi connectivity index (χ2v) is 2.71. The lowest BCUT2D eigenvalue weighted by molar-refractivity contribution is 0.0600. The number of aromatic nitrogens is 1. The molecule has 1 aromatic rings. The van der Waals surface area contributed by atoms with Gasteiger partial charge in [0.2, 0.25) is 0 Å². The van der Waals surface area contributed by atoms with E-state index in [1.165, 1.54) is 19.4 Å². The van der Waals surface area contributed by atoms with E-state index in [-0.39, 0.29) is 0 Å². The molecule has 0 radical (unpaired) electrons. The van der Waals surface area contributed by atoms with Crippen molar-refractivity contribution in [1.29, 1.82) is 0 Å². The predicted molar refractivity (Wildman–Crippen MR) is 75.9 cm³/mol. The average molecular weight is 287 g/mol. The number of ether oxygens (including phenoxy) is 2. The molecular formula is C11H17N3O4S. The number of nitrogens with zero attached hydrogens (tertiary/aromatic N) is 1. The van der Waals surface area contributed by atoms with Crippen LogP contribution in [0.3, 0.4) is 0 Å². The summed E-state index contributed by atoms with van der Waals surface area (Å²) < 4.78 is 8.65. The van der Waals surface area contributed by atoms with Crippen molar-refractivity contribution in [3.05, 3.63) is 23.9 Å². The zero-order valence-electron chi connectivity index (χ0n) is 10.8. The molecule has 0 spiro atoms. The third-order valence-corrected chi connectivity index (χ3v) is 1.49. The topological polar surface area (TPSA) is 118 Å². The Hall–Kier alpha value is -2.22. The maximum atomic E-state index is 10.9. The van der Waals surface area contributed by atoms with E-state index in [0.29, 0.717) is 18.0 Å². The number of hydrogen-bond acceptors (Lipinski definition) is 7. The molecule has 0 saturated heterocycles. The summed E-state index contributed by atoms with van der Waals surface area (Å²) in [6.45, 7) is 2.06. The number of nitrogen functional groups attached to an aromatic ring is 1. The van der Waals surface area contributed by atoms with Crippen LogP contribution in [-0.4, -0.2) is 36.6 Å². The lowest BCUT2D eigenvalue weighted by Crippen LogP contribution is -2.11. The number of rotatable bonds is 2. The van der Waals surface area contributed by atoms with E-state index in [4.69, 9.17) is 5.73 Å². The number of carbonyl (C=O) groups excluding carboxylic acids is 2. The van der Waals surface area contributed by atoms with Gasteiger partial charge in [-0.25, -0.2) is 14.6 Å². The first-order chi connectivity index (χ1) is 9.01. The first-order valence-electron chi connectivity index (χ1n) is 5.02. The van der Waals surface area contributed by atoms with E-state index < -0.39 is 12.1 Å². The SMILES string of the molecule is C=S.CCOC(N)=O.COC(=O)c1ccnc(N)c1. The Labute approximate surface area is 116 Å². The molecule has 0 aliphatic carbocycles. The Balaban J connectivity index is 0. The van der Waals surface area contributed by atoms with Gasteiger partial charge in [0.05, 0.1) is 19.3 Å². The number of nitrogens with two attached hydrogens (primary N) is 2. The van der Waals surface area contributed by atoms with E-state index >= 15 is 0 Å². The lowest BCUT2D eigenvalue weighted by Gasteiger charge is -1.97. The summed E-state index contributed by atoms with van der Waals surface area (Å²) in [6, 6.07) is 3.01. The predicted octanol–water partition coefficient (Wildman–Crippen LogP) is 1.17. The number of hydrogen-bond donors (Lipinski definition) is 2. The smallest absolute Gasteiger partial charge is 0.404 e. The van der Waals surface area contributed by atoms with Gasteiger partial charge in [0, 0.05) is 6.20 Å². The molecule has 1 rings (SSSR count). The average Bonchev–Trinajstić information content (AvgIpc) is 2.40. The van der Waals surface area contributed by atoms with Gasteiger partial charge in [0.1, 0.15) is 5.82 Å². The van der Waals surface area contributed by atoms with Crippen LogP contribution in [0.25, 0.3) is 0 Å². The van der Waals surface area contributed by atoms with Crippen LogP contribution in [0.4, 0.5) is 10.6 Å². The standard InChI is InChI=1S/C7H8N2O2.C3H7NO2.CH2S/c1-11-7(10)5-2-3-9-6(8)4-5;1-2-6-3(4)5;1-2/h2-4H,1H3,(H2,8,9);2H2,1H3,(H2,4,5);1H2. The zero-order valence-corrected chi connectivity index (χ0v) is 11.6. The first kappa shape index (κ1) is 19.1. The van der Waals surface area contributed by atoms with Gasteiger partial charge >= 0.3 is 12.1 Å². The van der Waals surface area contributed by atoms with Crippen LogP contribution < -0.4 is 11.5 Å². The lowest BCUT2D eigenvalue weighted by atomic mass is 10.3. The molecule has 1 aromatic heterocycles. The van der Waals surface area contributed by atoms with Crippen molar-refractivity contribution in [2.24, 2.45) is 5.73 Å². The molecule has 7 nitrogen and oxygen atoms in total. The molecule has 8 heteroatoms. The van der Waals surface area contributed by atoms with Crippen LogP contribution in [-0.2, 0) is 9.47 Å². The molecule has 0 saturated carbocycles. The molecule has 0 aliphatic heterocycles. The maximum absolute atomic E-state index is 10.9. The second kappa shape index (κ2) is 12.2. The van der Waals surface area contributed by atoms with Crippen molar-refractivity contribution in [1.82, 2.24) is 4.98 Å². The summed E-state index contributed by atoms with van der Waals surface area (Å²) >= 11 is 3.83. The zero-order chi connectivity index (χ0) is 15.3. The van der Waals surface area contributed by atoms with Crippen LogP contribution in [0.2, 0.25) is 0 Å². The number of carbonyl (C=O) groups is 2. The molecular weight excluding hydrogens is 270 g/mol. The molecule has 1 heterocycles. The molecule has 19 heavy (non-hydrogen) atoms. The largest absolute Gasteiger partial charge is 0.465 e. The Morgan fingerprint density at radius 2 is 2.05 bits per heavy atom. The van der Waals surface area contributed by atoms with E-state index in [9.17, 15) is 9.59 Å². The third kappa shape index (κ3) is 10.6. The number of anilines is 1. The Kier molecular flexibility index (Phi) is 12.3. The Bertz CT molecular complexity index is 401. The number of thiocarbonyl (C=S) groups is 1. The number of pyridine rings is 1. The van der Waals surface area contributed by atoms with Crippen LogP contribution in [0.15, 0.2) is 18.3 Å². The highest BCUT2D eigenvalue weighted by Crippen LogP contribution is 2.03. The molecule has 0 aromatic carbocycles. The third-order valence-electron chi connectivity index (χ3n) is 1.49. The minimum atomic E-state index is -0.711. The second-order valence-electron chi connectivity index (χ2n) is 2.71.